The Kier molecular flexibility index (Phi) is 45.9. The third-order valence-electron chi connectivity index (χ3n) is 1.01. The van der Waals surface area contributed by atoms with Crippen LogP contribution in [-0.4, -0.2) is 5.97 Å². The molecule has 0 aliphatic carbocycles. The molecule has 0 aromatic rings. The summed E-state index contributed by atoms with van der Waals surface area (Å²) in [7, 11) is 0. The second kappa shape index (κ2) is 16.8. The number of hydrogen-bond donors (Lipinski definition) is 0. The van der Waals surface area contributed by atoms with Gasteiger partial charge in [-0.3, -0.25) is 0 Å². The summed E-state index contributed by atoms with van der Waals surface area (Å²) in [6, 6.07) is 0. The molecule has 0 saturated carbocycles. The Bertz CT molecular complexity index is 74.5. The molecule has 0 bridgehead atoms. The second-order valence-electron chi connectivity index (χ2n) is 1.63. The Morgan fingerprint density at radius 1 is 1.36 bits per heavy atom. The Labute approximate surface area is 93.7 Å². The standard InChI is InChI=1S/C5H10O2.3CH4.Na/c1-3-4(2)5(6)7;;;;/h4H,3H2,1-2H3,(H,6,7);3*1H4;/q;;;;+1/p-1. The molecule has 3 heteroatoms. The van der Waals surface area contributed by atoms with E-state index in [2.05, 4.69) is 0 Å². The molecule has 0 heterocycles. The molecular formula is C8H21NaO2. The van der Waals surface area contributed by atoms with Crippen molar-refractivity contribution in [3.63, 3.8) is 0 Å². The van der Waals surface area contributed by atoms with Crippen LogP contribution in [0.3, 0.4) is 0 Å². The molecule has 11 heavy (non-hydrogen) atoms. The smallest absolute Gasteiger partial charge is 0.550 e. The van der Waals surface area contributed by atoms with Crippen LogP contribution in [0.15, 0.2) is 0 Å². The molecule has 0 fully saturated rings. The van der Waals surface area contributed by atoms with Gasteiger partial charge in [-0.1, -0.05) is 36.1 Å². The molecule has 1 unspecified atom stereocenters. The number of carbonyl (C=O) groups is 1. The van der Waals surface area contributed by atoms with Crippen LogP contribution in [0, 0.1) is 5.92 Å². The van der Waals surface area contributed by atoms with Crippen LogP contribution in [0.2, 0.25) is 0 Å². The van der Waals surface area contributed by atoms with Gasteiger partial charge in [0.1, 0.15) is 0 Å². The van der Waals surface area contributed by atoms with Gasteiger partial charge in [-0.2, -0.15) is 0 Å². The van der Waals surface area contributed by atoms with Crippen LogP contribution in [-0.2, 0) is 4.79 Å². The van der Waals surface area contributed by atoms with Crippen LogP contribution in [0.5, 0.6) is 0 Å². The first-order valence-corrected chi connectivity index (χ1v) is 2.39. The SMILES string of the molecule is C.C.C.CCC(C)C(=O)[O-].[Na+]. The zero-order chi connectivity index (χ0) is 5.86. The molecule has 0 aliphatic heterocycles. The van der Waals surface area contributed by atoms with E-state index in [4.69, 9.17) is 0 Å². The molecule has 0 aromatic heterocycles. The third kappa shape index (κ3) is 17.9. The average molecular weight is 172 g/mol. The van der Waals surface area contributed by atoms with Crippen molar-refractivity contribution >= 4 is 5.97 Å². The van der Waals surface area contributed by atoms with Gasteiger partial charge in [0.15, 0.2) is 0 Å². The van der Waals surface area contributed by atoms with Gasteiger partial charge in [0.05, 0.1) is 0 Å². The van der Waals surface area contributed by atoms with E-state index in [9.17, 15) is 9.90 Å². The monoisotopic (exact) mass is 172 g/mol. The quantitative estimate of drug-likeness (QED) is 0.485. The minimum absolute atomic E-state index is 0. The molecular weight excluding hydrogens is 151 g/mol. The van der Waals surface area contributed by atoms with E-state index in [1.54, 1.807) is 6.92 Å². The Hall–Kier alpha value is 0.470. The normalized spacial score (nSPS) is 8.55. The summed E-state index contributed by atoms with van der Waals surface area (Å²) in [6.07, 6.45) is 0.655. The zero-order valence-electron chi connectivity index (χ0n) is 5.60. The van der Waals surface area contributed by atoms with E-state index in [0.717, 1.165) is 0 Å². The molecule has 0 aliphatic rings. The Morgan fingerprint density at radius 3 is 1.64 bits per heavy atom. The molecule has 1 atom stereocenters. The van der Waals surface area contributed by atoms with Gasteiger partial charge in [-0.05, 0) is 12.3 Å². The number of hydrogen-bond acceptors (Lipinski definition) is 2. The minimum Gasteiger partial charge on any atom is -0.550 e. The fourth-order valence-electron chi connectivity index (χ4n) is 0.167. The first-order chi connectivity index (χ1) is 3.18. The van der Waals surface area contributed by atoms with Gasteiger partial charge < -0.3 is 9.90 Å². The maximum Gasteiger partial charge on any atom is 1.00 e. The predicted octanol–water partition coefficient (Wildman–Crippen LogP) is -1.31. The second-order valence-corrected chi connectivity index (χ2v) is 1.63. The van der Waals surface area contributed by atoms with Crippen molar-refractivity contribution in [3.8, 4) is 0 Å². The molecule has 0 radical (unpaired) electrons. The van der Waals surface area contributed by atoms with Crippen molar-refractivity contribution < 1.29 is 39.5 Å². The molecule has 0 rings (SSSR count). The van der Waals surface area contributed by atoms with Crippen molar-refractivity contribution in [1.82, 2.24) is 0 Å². The molecule has 66 valence electrons. The topological polar surface area (TPSA) is 40.1 Å². The summed E-state index contributed by atoms with van der Waals surface area (Å²) >= 11 is 0. The van der Waals surface area contributed by atoms with E-state index in [-0.39, 0.29) is 57.8 Å². The van der Waals surface area contributed by atoms with Crippen molar-refractivity contribution in [3.05, 3.63) is 0 Å². The predicted molar refractivity (Wildman–Crippen MR) is 44.7 cm³/mol. The van der Waals surface area contributed by atoms with Crippen LogP contribution >= 0.6 is 0 Å². The van der Waals surface area contributed by atoms with E-state index < -0.39 is 5.97 Å². The maximum atomic E-state index is 9.82. The molecule has 2 nitrogen and oxygen atoms in total. The molecule has 0 amide bonds. The Morgan fingerprint density at radius 2 is 1.64 bits per heavy atom. The number of carbonyl (C=O) groups excluding carboxylic acids is 1. The average Bonchev–Trinajstić information content (AvgIpc) is 1.65. The fourth-order valence-corrected chi connectivity index (χ4v) is 0.167. The summed E-state index contributed by atoms with van der Waals surface area (Å²) < 4.78 is 0. The first-order valence-electron chi connectivity index (χ1n) is 2.39. The summed E-state index contributed by atoms with van der Waals surface area (Å²) in [5.74, 6) is -1.25. The van der Waals surface area contributed by atoms with Crippen molar-refractivity contribution in [1.29, 1.82) is 0 Å². The van der Waals surface area contributed by atoms with Gasteiger partial charge in [-0.25, -0.2) is 0 Å². The Balaban J connectivity index is -0.0000000300. The van der Waals surface area contributed by atoms with Gasteiger partial charge in [0.2, 0.25) is 0 Å². The van der Waals surface area contributed by atoms with E-state index >= 15 is 0 Å². The van der Waals surface area contributed by atoms with Crippen molar-refractivity contribution in [2.75, 3.05) is 0 Å². The number of aliphatic carboxylic acids is 1. The maximum absolute atomic E-state index is 9.82. The van der Waals surface area contributed by atoms with E-state index in [0.29, 0.717) is 6.42 Å². The number of carboxylic acid groups (broad SMARTS) is 1. The summed E-state index contributed by atoms with van der Waals surface area (Å²) in [4.78, 5) is 9.82. The largest absolute Gasteiger partial charge is 1.00 e. The third-order valence-corrected chi connectivity index (χ3v) is 1.01. The fraction of sp³-hybridized carbons (Fsp3) is 0.875. The van der Waals surface area contributed by atoms with Gasteiger partial charge in [0.25, 0.3) is 0 Å². The molecule has 0 N–H and O–H groups in total. The van der Waals surface area contributed by atoms with Gasteiger partial charge >= 0.3 is 29.6 Å². The minimum atomic E-state index is -0.956. The van der Waals surface area contributed by atoms with E-state index in [1.165, 1.54) is 0 Å². The van der Waals surface area contributed by atoms with Gasteiger partial charge in [0, 0.05) is 5.97 Å². The summed E-state index contributed by atoms with van der Waals surface area (Å²) in [6.45, 7) is 3.45. The van der Waals surface area contributed by atoms with Crippen LogP contribution in [0.1, 0.15) is 42.5 Å². The zero-order valence-corrected chi connectivity index (χ0v) is 7.60. The van der Waals surface area contributed by atoms with Crippen LogP contribution in [0.4, 0.5) is 0 Å². The number of rotatable bonds is 2. The first kappa shape index (κ1) is 30.0. The van der Waals surface area contributed by atoms with Crippen molar-refractivity contribution in [2.24, 2.45) is 5.92 Å². The number of carboxylic acids is 1. The van der Waals surface area contributed by atoms with Crippen molar-refractivity contribution in [2.45, 2.75) is 42.5 Å². The molecule has 0 aromatic carbocycles. The summed E-state index contributed by atoms with van der Waals surface area (Å²) in [5, 5.41) is 9.82. The molecule has 0 saturated heterocycles. The van der Waals surface area contributed by atoms with E-state index in [1.807, 2.05) is 6.92 Å². The van der Waals surface area contributed by atoms with Gasteiger partial charge in [-0.15, -0.1) is 0 Å². The summed E-state index contributed by atoms with van der Waals surface area (Å²) in [5.41, 5.74) is 0. The molecule has 0 spiro atoms. The van der Waals surface area contributed by atoms with Crippen LogP contribution < -0.4 is 34.7 Å². The van der Waals surface area contributed by atoms with Crippen LogP contribution in [0.25, 0.3) is 0 Å².